The summed E-state index contributed by atoms with van der Waals surface area (Å²) in [5, 5.41) is 0. The van der Waals surface area contributed by atoms with Crippen LogP contribution >= 0.6 is 0 Å². The van der Waals surface area contributed by atoms with Gasteiger partial charge >= 0.3 is 0 Å². The molecule has 1 nitrogen and oxygen atoms in total. The van der Waals surface area contributed by atoms with E-state index in [1.807, 2.05) is 6.07 Å². The highest BCUT2D eigenvalue weighted by Crippen LogP contribution is 2.18. The maximum absolute atomic E-state index is 5.95. The Hall–Kier alpha value is -1.54. The van der Waals surface area contributed by atoms with Gasteiger partial charge in [-0.15, -0.1) is 0 Å². The van der Waals surface area contributed by atoms with Crippen molar-refractivity contribution in [3.05, 3.63) is 65.7 Å². The number of benzene rings is 2. The smallest absolute Gasteiger partial charge is 0.242 e. The summed E-state index contributed by atoms with van der Waals surface area (Å²) in [5.74, 6) is 0.992. The predicted octanol–water partition coefficient (Wildman–Crippen LogP) is 4.49. The number of hydrogen-bond donors (Lipinski definition) is 0. The Balaban J connectivity index is 2.04. The van der Waals surface area contributed by atoms with Crippen molar-refractivity contribution in [1.29, 1.82) is 0 Å². The Morgan fingerprint density at radius 3 is 1.89 bits per heavy atom. The molecule has 2 aromatic rings. The lowest BCUT2D eigenvalue weighted by Crippen LogP contribution is -2.29. The third-order valence-corrected chi connectivity index (χ3v) is 3.45. The van der Waals surface area contributed by atoms with E-state index in [1.165, 1.54) is 11.1 Å². The summed E-state index contributed by atoms with van der Waals surface area (Å²) in [5.41, 5.74) is 2.67. The highest BCUT2D eigenvalue weighted by atomic mass is 28.4. The van der Waals surface area contributed by atoms with E-state index in [1.54, 1.807) is 0 Å². The molecule has 0 heterocycles. The molecule has 0 bridgehead atoms. The average Bonchev–Trinajstić information content (AvgIpc) is 2.31. The van der Waals surface area contributed by atoms with Crippen LogP contribution in [-0.4, -0.2) is 8.32 Å². The molecule has 0 aliphatic heterocycles. The zero-order chi connectivity index (χ0) is 13.0. The molecule has 2 rings (SSSR count). The van der Waals surface area contributed by atoms with Crippen molar-refractivity contribution < 1.29 is 4.43 Å². The topological polar surface area (TPSA) is 9.23 Å². The van der Waals surface area contributed by atoms with Crippen LogP contribution in [0.2, 0.25) is 19.6 Å². The van der Waals surface area contributed by atoms with E-state index in [2.05, 4.69) is 68.2 Å². The predicted molar refractivity (Wildman–Crippen MR) is 79.7 cm³/mol. The van der Waals surface area contributed by atoms with Crippen molar-refractivity contribution >= 4 is 8.32 Å². The molecule has 0 unspecified atom stereocenters. The van der Waals surface area contributed by atoms with E-state index in [4.69, 9.17) is 4.43 Å². The van der Waals surface area contributed by atoms with Gasteiger partial charge in [0.2, 0.25) is 8.32 Å². The Kier molecular flexibility index (Phi) is 3.87. The Bertz CT molecular complexity index is 483. The molecule has 18 heavy (non-hydrogen) atoms. The van der Waals surface area contributed by atoms with Gasteiger partial charge in [0.25, 0.3) is 0 Å². The van der Waals surface area contributed by atoms with Crippen molar-refractivity contribution in [2.24, 2.45) is 0 Å². The molecule has 0 N–H and O–H groups in total. The minimum Gasteiger partial charge on any atom is -0.544 e. The lowest BCUT2D eigenvalue weighted by atomic mass is 10.1. The van der Waals surface area contributed by atoms with Crippen LogP contribution < -0.4 is 4.43 Å². The summed E-state index contributed by atoms with van der Waals surface area (Å²) in [4.78, 5) is 0. The summed E-state index contributed by atoms with van der Waals surface area (Å²) in [6.07, 6.45) is 0.980. The van der Waals surface area contributed by atoms with Crippen LogP contribution in [0.15, 0.2) is 54.6 Å². The van der Waals surface area contributed by atoms with E-state index in [0.29, 0.717) is 0 Å². The number of rotatable bonds is 4. The second-order valence-corrected chi connectivity index (χ2v) is 9.95. The van der Waals surface area contributed by atoms with Crippen LogP contribution in [0, 0.1) is 0 Å². The fourth-order valence-corrected chi connectivity index (χ4v) is 2.70. The second kappa shape index (κ2) is 5.40. The largest absolute Gasteiger partial charge is 0.544 e. The minimum absolute atomic E-state index is 0.980. The minimum atomic E-state index is -1.49. The van der Waals surface area contributed by atoms with Crippen LogP contribution in [0.5, 0.6) is 5.75 Å². The molecular formula is C16H20OSi. The maximum atomic E-state index is 5.95. The summed E-state index contributed by atoms with van der Waals surface area (Å²) >= 11 is 0. The van der Waals surface area contributed by atoms with Gasteiger partial charge in [-0.2, -0.15) is 0 Å². The van der Waals surface area contributed by atoms with E-state index in [9.17, 15) is 0 Å². The summed E-state index contributed by atoms with van der Waals surface area (Å²) in [7, 11) is -1.49. The number of hydrogen-bond acceptors (Lipinski definition) is 1. The fraction of sp³-hybridized carbons (Fsp3) is 0.250. The summed E-state index contributed by atoms with van der Waals surface area (Å²) < 4.78 is 5.95. The molecule has 0 spiro atoms. The fourth-order valence-electron chi connectivity index (χ4n) is 1.86. The van der Waals surface area contributed by atoms with E-state index in [0.717, 1.165) is 12.2 Å². The van der Waals surface area contributed by atoms with Gasteiger partial charge in [-0.25, -0.2) is 0 Å². The molecule has 0 saturated heterocycles. The first-order chi connectivity index (χ1) is 8.53. The lowest BCUT2D eigenvalue weighted by molar-refractivity contribution is 0.557. The first-order valence-corrected chi connectivity index (χ1v) is 9.76. The Morgan fingerprint density at radius 1 is 0.778 bits per heavy atom. The monoisotopic (exact) mass is 256 g/mol. The molecular weight excluding hydrogens is 236 g/mol. The van der Waals surface area contributed by atoms with Crippen molar-refractivity contribution in [2.45, 2.75) is 26.1 Å². The van der Waals surface area contributed by atoms with Gasteiger partial charge in [-0.05, 0) is 49.3 Å². The lowest BCUT2D eigenvalue weighted by Gasteiger charge is -2.19. The van der Waals surface area contributed by atoms with Crippen molar-refractivity contribution in [3.8, 4) is 5.75 Å². The molecule has 0 aliphatic rings. The highest BCUT2D eigenvalue weighted by Gasteiger charge is 2.15. The van der Waals surface area contributed by atoms with Crippen LogP contribution in [0.3, 0.4) is 0 Å². The van der Waals surface area contributed by atoms with Gasteiger partial charge < -0.3 is 4.43 Å². The van der Waals surface area contributed by atoms with E-state index < -0.39 is 8.32 Å². The molecule has 0 radical (unpaired) electrons. The normalized spacial score (nSPS) is 11.3. The quantitative estimate of drug-likeness (QED) is 0.732. The summed E-state index contributed by atoms with van der Waals surface area (Å²) in [6.45, 7) is 6.60. The first-order valence-electron chi connectivity index (χ1n) is 6.35. The molecule has 0 aromatic heterocycles. The molecule has 94 valence electrons. The molecule has 0 aliphatic carbocycles. The van der Waals surface area contributed by atoms with Gasteiger partial charge in [0, 0.05) is 0 Å². The zero-order valence-corrected chi connectivity index (χ0v) is 12.3. The van der Waals surface area contributed by atoms with E-state index >= 15 is 0 Å². The first kappa shape index (κ1) is 12.9. The van der Waals surface area contributed by atoms with Crippen molar-refractivity contribution in [1.82, 2.24) is 0 Å². The Labute approximate surface area is 111 Å². The van der Waals surface area contributed by atoms with Gasteiger partial charge in [-0.1, -0.05) is 42.5 Å². The third kappa shape index (κ3) is 4.04. The van der Waals surface area contributed by atoms with Gasteiger partial charge in [0.05, 0.1) is 0 Å². The van der Waals surface area contributed by atoms with Gasteiger partial charge in [-0.3, -0.25) is 0 Å². The van der Waals surface area contributed by atoms with Crippen LogP contribution in [0.1, 0.15) is 11.1 Å². The highest BCUT2D eigenvalue weighted by molar-refractivity contribution is 6.70. The van der Waals surface area contributed by atoms with E-state index in [-0.39, 0.29) is 0 Å². The SMILES string of the molecule is C[Si](C)(C)Oc1ccc(Cc2ccccc2)cc1. The van der Waals surface area contributed by atoms with Crippen molar-refractivity contribution in [2.75, 3.05) is 0 Å². The Morgan fingerprint density at radius 2 is 1.33 bits per heavy atom. The van der Waals surface area contributed by atoms with Crippen LogP contribution in [0.4, 0.5) is 0 Å². The molecule has 0 fully saturated rings. The van der Waals surface area contributed by atoms with Crippen LogP contribution in [-0.2, 0) is 6.42 Å². The molecule has 0 amide bonds. The third-order valence-electron chi connectivity index (χ3n) is 2.60. The second-order valence-electron chi connectivity index (χ2n) is 5.52. The van der Waals surface area contributed by atoms with Crippen molar-refractivity contribution in [3.63, 3.8) is 0 Å². The van der Waals surface area contributed by atoms with Gasteiger partial charge in [0.15, 0.2) is 0 Å². The average molecular weight is 256 g/mol. The standard InChI is InChI=1S/C16H20OSi/c1-18(2,3)17-16-11-9-15(10-12-16)13-14-7-5-4-6-8-14/h4-12H,13H2,1-3H3. The summed E-state index contributed by atoms with van der Waals surface area (Å²) in [6, 6.07) is 19.0. The molecule has 2 aromatic carbocycles. The molecule has 0 atom stereocenters. The molecule has 0 saturated carbocycles. The molecule has 2 heteroatoms. The zero-order valence-electron chi connectivity index (χ0n) is 11.3. The maximum Gasteiger partial charge on any atom is 0.242 e. The van der Waals surface area contributed by atoms with Gasteiger partial charge in [0.1, 0.15) is 5.75 Å². The van der Waals surface area contributed by atoms with Crippen LogP contribution in [0.25, 0.3) is 0 Å².